The Bertz CT molecular complexity index is 759. The fourth-order valence-corrected chi connectivity index (χ4v) is 2.70. The molecular formula is C19H19FN2O3. The predicted octanol–water partition coefficient (Wildman–Crippen LogP) is 3.04. The van der Waals surface area contributed by atoms with E-state index in [-0.39, 0.29) is 29.8 Å². The molecule has 1 aliphatic heterocycles. The third kappa shape index (κ3) is 4.22. The van der Waals surface area contributed by atoms with E-state index in [1.807, 2.05) is 19.1 Å². The zero-order valence-corrected chi connectivity index (χ0v) is 13.8. The standard InChI is InChI=1S/C19H19FN2O3/c1-12(21-17-10-11-25-19(17)24)13-4-8-16(9-5-13)22-18(23)14-2-6-15(20)7-3-14/h2-9,12,17,21H,10-11H2,1H3,(H,22,23)/t12-,17+/m0/s1. The number of carbonyl (C=O) groups excluding carboxylic acids is 2. The number of halogens is 1. The van der Waals surface area contributed by atoms with Crippen LogP contribution in [0.2, 0.25) is 0 Å². The van der Waals surface area contributed by atoms with Crippen LogP contribution in [0.15, 0.2) is 48.5 Å². The number of cyclic esters (lactones) is 1. The first-order chi connectivity index (χ1) is 12.0. The molecule has 6 heteroatoms. The highest BCUT2D eigenvalue weighted by Crippen LogP contribution is 2.19. The number of anilines is 1. The highest BCUT2D eigenvalue weighted by Gasteiger charge is 2.27. The molecule has 0 aliphatic carbocycles. The summed E-state index contributed by atoms with van der Waals surface area (Å²) in [6.45, 7) is 2.43. The summed E-state index contributed by atoms with van der Waals surface area (Å²) in [5.41, 5.74) is 2.03. The Balaban J connectivity index is 1.60. The smallest absolute Gasteiger partial charge is 0.323 e. The number of nitrogens with one attached hydrogen (secondary N) is 2. The Hall–Kier alpha value is -2.73. The van der Waals surface area contributed by atoms with Crippen LogP contribution in [-0.4, -0.2) is 24.5 Å². The van der Waals surface area contributed by atoms with Gasteiger partial charge in [-0.3, -0.25) is 14.9 Å². The van der Waals surface area contributed by atoms with E-state index in [2.05, 4.69) is 10.6 Å². The van der Waals surface area contributed by atoms with Crippen molar-refractivity contribution in [2.45, 2.75) is 25.4 Å². The molecule has 130 valence electrons. The molecule has 0 radical (unpaired) electrons. The quantitative estimate of drug-likeness (QED) is 0.820. The maximum absolute atomic E-state index is 12.9. The SMILES string of the molecule is C[C@H](N[C@@H]1CCOC1=O)c1ccc(NC(=O)c2ccc(F)cc2)cc1. The van der Waals surface area contributed by atoms with Gasteiger partial charge in [-0.1, -0.05) is 12.1 Å². The molecule has 1 saturated heterocycles. The molecule has 1 heterocycles. The lowest BCUT2D eigenvalue weighted by Crippen LogP contribution is -2.35. The van der Waals surface area contributed by atoms with Gasteiger partial charge in [0.2, 0.25) is 0 Å². The van der Waals surface area contributed by atoms with E-state index in [9.17, 15) is 14.0 Å². The summed E-state index contributed by atoms with van der Waals surface area (Å²) in [4.78, 5) is 23.6. The number of esters is 1. The fourth-order valence-electron chi connectivity index (χ4n) is 2.70. The fraction of sp³-hybridized carbons (Fsp3) is 0.263. The van der Waals surface area contributed by atoms with Crippen LogP contribution in [-0.2, 0) is 9.53 Å². The van der Waals surface area contributed by atoms with Gasteiger partial charge in [0.25, 0.3) is 5.91 Å². The van der Waals surface area contributed by atoms with Gasteiger partial charge in [-0.05, 0) is 48.9 Å². The minimum Gasteiger partial charge on any atom is -0.464 e. The summed E-state index contributed by atoms with van der Waals surface area (Å²) >= 11 is 0. The molecule has 0 aromatic heterocycles. The number of amides is 1. The summed E-state index contributed by atoms with van der Waals surface area (Å²) in [7, 11) is 0. The molecule has 5 nitrogen and oxygen atoms in total. The summed E-state index contributed by atoms with van der Waals surface area (Å²) in [5.74, 6) is -0.892. The first-order valence-corrected chi connectivity index (χ1v) is 8.12. The number of hydrogen-bond donors (Lipinski definition) is 2. The topological polar surface area (TPSA) is 67.4 Å². The van der Waals surface area contributed by atoms with Gasteiger partial charge in [-0.25, -0.2) is 4.39 Å². The van der Waals surface area contributed by atoms with Crippen LogP contribution in [0.4, 0.5) is 10.1 Å². The van der Waals surface area contributed by atoms with Gasteiger partial charge in [0.05, 0.1) is 6.61 Å². The predicted molar refractivity (Wildman–Crippen MR) is 91.7 cm³/mol. The summed E-state index contributed by atoms with van der Waals surface area (Å²) < 4.78 is 17.8. The summed E-state index contributed by atoms with van der Waals surface area (Å²) in [5, 5.41) is 6.01. The Morgan fingerprint density at radius 1 is 1.16 bits per heavy atom. The minimum atomic E-state index is -0.381. The van der Waals surface area contributed by atoms with E-state index in [0.717, 1.165) is 5.56 Å². The molecule has 2 atom stereocenters. The number of carbonyl (C=O) groups is 2. The van der Waals surface area contributed by atoms with Crippen molar-refractivity contribution in [2.75, 3.05) is 11.9 Å². The molecule has 2 aromatic rings. The number of hydrogen-bond acceptors (Lipinski definition) is 4. The lowest BCUT2D eigenvalue weighted by atomic mass is 10.1. The van der Waals surface area contributed by atoms with Gasteiger partial charge in [-0.15, -0.1) is 0 Å². The molecule has 0 spiro atoms. The van der Waals surface area contributed by atoms with Crippen LogP contribution in [0.25, 0.3) is 0 Å². The molecule has 1 fully saturated rings. The van der Waals surface area contributed by atoms with E-state index in [1.165, 1.54) is 24.3 Å². The van der Waals surface area contributed by atoms with Crippen LogP contribution in [0.1, 0.15) is 35.3 Å². The maximum Gasteiger partial charge on any atom is 0.323 e. The highest BCUT2D eigenvalue weighted by molar-refractivity contribution is 6.04. The minimum absolute atomic E-state index is 0.0162. The van der Waals surface area contributed by atoms with Crippen molar-refractivity contribution < 1.29 is 18.7 Å². The molecule has 25 heavy (non-hydrogen) atoms. The molecule has 0 unspecified atom stereocenters. The number of benzene rings is 2. The summed E-state index contributed by atoms with van der Waals surface area (Å²) in [6, 6.07) is 12.4. The monoisotopic (exact) mass is 342 g/mol. The van der Waals surface area contributed by atoms with Crippen LogP contribution in [0.3, 0.4) is 0 Å². The third-order valence-corrected chi connectivity index (χ3v) is 4.16. The second-order valence-corrected chi connectivity index (χ2v) is 5.98. The molecule has 2 aromatic carbocycles. The van der Waals surface area contributed by atoms with E-state index in [4.69, 9.17) is 4.74 Å². The van der Waals surface area contributed by atoms with Gasteiger partial charge in [0.1, 0.15) is 11.9 Å². The van der Waals surface area contributed by atoms with E-state index >= 15 is 0 Å². The molecule has 1 aliphatic rings. The molecule has 0 saturated carbocycles. The first kappa shape index (κ1) is 17.1. The van der Waals surface area contributed by atoms with Crippen molar-refractivity contribution in [1.82, 2.24) is 5.32 Å². The first-order valence-electron chi connectivity index (χ1n) is 8.12. The van der Waals surface area contributed by atoms with Crippen LogP contribution >= 0.6 is 0 Å². The number of rotatable bonds is 5. The maximum atomic E-state index is 12.9. The van der Waals surface area contributed by atoms with Gasteiger partial charge >= 0.3 is 5.97 Å². The van der Waals surface area contributed by atoms with Crippen LogP contribution in [0.5, 0.6) is 0 Å². The molecule has 3 rings (SSSR count). The van der Waals surface area contributed by atoms with Gasteiger partial charge < -0.3 is 10.1 Å². The van der Waals surface area contributed by atoms with E-state index < -0.39 is 0 Å². The van der Waals surface area contributed by atoms with Crippen molar-refractivity contribution in [3.63, 3.8) is 0 Å². The number of ether oxygens (including phenoxy) is 1. The Morgan fingerprint density at radius 2 is 1.84 bits per heavy atom. The zero-order valence-electron chi connectivity index (χ0n) is 13.8. The lowest BCUT2D eigenvalue weighted by molar-refractivity contribution is -0.139. The van der Waals surface area contributed by atoms with Gasteiger partial charge in [-0.2, -0.15) is 0 Å². The van der Waals surface area contributed by atoms with Crippen molar-refractivity contribution in [3.8, 4) is 0 Å². The molecule has 0 bridgehead atoms. The van der Waals surface area contributed by atoms with Crippen molar-refractivity contribution in [3.05, 3.63) is 65.5 Å². The van der Waals surface area contributed by atoms with Crippen LogP contribution < -0.4 is 10.6 Å². The van der Waals surface area contributed by atoms with Crippen molar-refractivity contribution in [2.24, 2.45) is 0 Å². The van der Waals surface area contributed by atoms with Gasteiger partial charge in [0, 0.05) is 23.7 Å². The largest absolute Gasteiger partial charge is 0.464 e. The Kier molecular flexibility index (Phi) is 5.09. The van der Waals surface area contributed by atoms with Crippen molar-refractivity contribution in [1.29, 1.82) is 0 Å². The van der Waals surface area contributed by atoms with Gasteiger partial charge in [0.15, 0.2) is 0 Å². The summed E-state index contributed by atoms with van der Waals surface area (Å²) in [6.07, 6.45) is 0.676. The Labute approximate surface area is 145 Å². The zero-order chi connectivity index (χ0) is 17.8. The van der Waals surface area contributed by atoms with Crippen LogP contribution in [0, 0.1) is 5.82 Å². The Morgan fingerprint density at radius 3 is 2.44 bits per heavy atom. The third-order valence-electron chi connectivity index (χ3n) is 4.16. The average Bonchev–Trinajstić information content (AvgIpc) is 3.01. The van der Waals surface area contributed by atoms with E-state index in [1.54, 1.807) is 12.1 Å². The lowest BCUT2D eigenvalue weighted by Gasteiger charge is -2.17. The highest BCUT2D eigenvalue weighted by atomic mass is 19.1. The normalized spacial score (nSPS) is 17.8. The second-order valence-electron chi connectivity index (χ2n) is 5.98. The molecule has 1 amide bonds. The molecule has 2 N–H and O–H groups in total. The second kappa shape index (κ2) is 7.44. The average molecular weight is 342 g/mol. The van der Waals surface area contributed by atoms with Crippen molar-refractivity contribution >= 4 is 17.6 Å². The van der Waals surface area contributed by atoms with E-state index in [0.29, 0.717) is 24.3 Å². The molecular weight excluding hydrogens is 323 g/mol.